The summed E-state index contributed by atoms with van der Waals surface area (Å²) in [6.45, 7) is 2.17. The van der Waals surface area contributed by atoms with E-state index in [-0.39, 0.29) is 41.3 Å². The third-order valence-corrected chi connectivity index (χ3v) is 8.96. The lowest BCUT2D eigenvalue weighted by Crippen LogP contribution is -2.25. The first kappa shape index (κ1) is 35.3. The van der Waals surface area contributed by atoms with Gasteiger partial charge in [0.15, 0.2) is 17.5 Å². The molecule has 0 spiro atoms. The van der Waals surface area contributed by atoms with Crippen LogP contribution in [0.3, 0.4) is 0 Å². The van der Waals surface area contributed by atoms with E-state index in [1.165, 1.54) is 44.2 Å². The summed E-state index contributed by atoms with van der Waals surface area (Å²) in [5.74, 6) is -13.6. The molecule has 0 heterocycles. The lowest BCUT2D eigenvalue weighted by Gasteiger charge is -2.29. The molecule has 0 unspecified atom stereocenters. The van der Waals surface area contributed by atoms with Crippen molar-refractivity contribution in [3.8, 4) is 28.0 Å². The molecule has 0 saturated heterocycles. The van der Waals surface area contributed by atoms with E-state index in [0.717, 1.165) is 43.4 Å². The average Bonchev–Trinajstić information content (AvgIpc) is 3.01. The van der Waals surface area contributed by atoms with Crippen LogP contribution < -0.4 is 4.74 Å². The number of ether oxygens (including phenoxy) is 1. The second-order valence-electron chi connectivity index (χ2n) is 12.3. The summed E-state index contributed by atoms with van der Waals surface area (Å²) >= 11 is 0. The molecule has 1 aliphatic rings. The van der Waals surface area contributed by atoms with Gasteiger partial charge in [0.25, 0.3) is 0 Å². The minimum absolute atomic E-state index is 0.0421. The van der Waals surface area contributed by atoms with Crippen molar-refractivity contribution in [1.82, 2.24) is 0 Å². The van der Waals surface area contributed by atoms with Gasteiger partial charge in [-0.2, -0.15) is 8.78 Å². The first-order valence-corrected chi connectivity index (χ1v) is 15.8. The standard InChI is InChI=1S/C37H32F10O/c1-2-3-4-5-6-20-7-9-21(10-8-20)22-11-12-26(27(38)13-22)23-14-28(39)34(29(40)15-23)24-16-30(41)35(31(42)17-24)37(46,47)48-25-18-32(43)36(45)33(44)19-25/h11-21H,2-10H2,1H3. The van der Waals surface area contributed by atoms with Gasteiger partial charge < -0.3 is 4.74 Å². The smallest absolute Gasteiger partial charge is 0.429 e. The van der Waals surface area contributed by atoms with Crippen molar-refractivity contribution in [2.24, 2.45) is 5.92 Å². The predicted molar refractivity (Wildman–Crippen MR) is 161 cm³/mol. The van der Waals surface area contributed by atoms with E-state index in [1.54, 1.807) is 6.07 Å². The second kappa shape index (κ2) is 14.6. The van der Waals surface area contributed by atoms with Gasteiger partial charge in [-0.3, -0.25) is 0 Å². The SMILES string of the molecule is CCCCCCC1CCC(c2ccc(-c3cc(F)c(-c4cc(F)c(C(F)(F)Oc5cc(F)c(F)c(F)c5)c(F)c4)c(F)c3)c(F)c2)CC1. The number of unbranched alkanes of at least 4 members (excludes halogenated alkanes) is 3. The Kier molecular flexibility index (Phi) is 10.7. The molecule has 256 valence electrons. The molecule has 0 amide bonds. The first-order chi connectivity index (χ1) is 22.8. The Labute approximate surface area is 271 Å². The Morgan fingerprint density at radius 1 is 0.625 bits per heavy atom. The molecule has 4 aromatic rings. The van der Waals surface area contributed by atoms with E-state index in [0.29, 0.717) is 5.92 Å². The highest BCUT2D eigenvalue weighted by atomic mass is 19.3. The second-order valence-corrected chi connectivity index (χ2v) is 12.3. The molecule has 0 aromatic heterocycles. The molecular weight excluding hydrogens is 650 g/mol. The first-order valence-electron chi connectivity index (χ1n) is 15.8. The highest BCUT2D eigenvalue weighted by Gasteiger charge is 2.42. The van der Waals surface area contributed by atoms with Gasteiger partial charge >= 0.3 is 6.11 Å². The minimum Gasteiger partial charge on any atom is -0.429 e. The van der Waals surface area contributed by atoms with E-state index in [2.05, 4.69) is 11.7 Å². The van der Waals surface area contributed by atoms with E-state index < -0.39 is 75.1 Å². The van der Waals surface area contributed by atoms with Gasteiger partial charge in [0.1, 0.15) is 40.4 Å². The fraction of sp³-hybridized carbons (Fsp3) is 0.351. The quantitative estimate of drug-likeness (QED) is 0.0869. The summed E-state index contributed by atoms with van der Waals surface area (Å²) in [5.41, 5.74) is -3.31. The Hall–Kier alpha value is -4.02. The van der Waals surface area contributed by atoms with Gasteiger partial charge in [0.05, 0.1) is 5.56 Å². The minimum atomic E-state index is -4.89. The van der Waals surface area contributed by atoms with Crippen LogP contribution in [0.5, 0.6) is 5.75 Å². The zero-order chi connectivity index (χ0) is 34.7. The summed E-state index contributed by atoms with van der Waals surface area (Å²) in [7, 11) is 0. The molecule has 0 N–H and O–H groups in total. The fourth-order valence-corrected chi connectivity index (χ4v) is 6.45. The predicted octanol–water partition coefficient (Wildman–Crippen LogP) is 12.5. The Balaban J connectivity index is 1.34. The fourth-order valence-electron chi connectivity index (χ4n) is 6.45. The van der Waals surface area contributed by atoms with Gasteiger partial charge in [0, 0.05) is 17.7 Å². The van der Waals surface area contributed by atoms with Crippen molar-refractivity contribution in [3.63, 3.8) is 0 Å². The van der Waals surface area contributed by atoms with Crippen molar-refractivity contribution in [2.75, 3.05) is 0 Å². The van der Waals surface area contributed by atoms with Crippen molar-refractivity contribution < 1.29 is 48.6 Å². The van der Waals surface area contributed by atoms with Crippen molar-refractivity contribution >= 4 is 0 Å². The maximum absolute atomic E-state index is 15.3. The van der Waals surface area contributed by atoms with E-state index >= 15 is 13.2 Å². The molecule has 0 bridgehead atoms. The molecule has 0 radical (unpaired) electrons. The van der Waals surface area contributed by atoms with Crippen molar-refractivity contribution in [1.29, 1.82) is 0 Å². The van der Waals surface area contributed by atoms with Gasteiger partial charge in [-0.15, -0.1) is 0 Å². The molecule has 48 heavy (non-hydrogen) atoms. The van der Waals surface area contributed by atoms with Crippen LogP contribution in [0.2, 0.25) is 0 Å². The van der Waals surface area contributed by atoms with Crippen molar-refractivity contribution in [2.45, 2.75) is 76.7 Å². The molecule has 11 heteroatoms. The van der Waals surface area contributed by atoms with Crippen LogP contribution in [0.15, 0.2) is 54.6 Å². The molecule has 1 saturated carbocycles. The van der Waals surface area contributed by atoms with E-state index in [4.69, 9.17) is 0 Å². The number of benzene rings is 4. The van der Waals surface area contributed by atoms with E-state index in [1.807, 2.05) is 0 Å². The van der Waals surface area contributed by atoms with Crippen LogP contribution in [-0.4, -0.2) is 0 Å². The topological polar surface area (TPSA) is 9.23 Å². The number of rotatable bonds is 11. The maximum Gasteiger partial charge on any atom is 0.432 e. The lowest BCUT2D eigenvalue weighted by atomic mass is 9.77. The summed E-state index contributed by atoms with van der Waals surface area (Å²) in [6.07, 6.45) is 5.11. The zero-order valence-corrected chi connectivity index (χ0v) is 25.9. The lowest BCUT2D eigenvalue weighted by molar-refractivity contribution is -0.189. The highest BCUT2D eigenvalue weighted by Crippen LogP contribution is 2.41. The third-order valence-electron chi connectivity index (χ3n) is 8.96. The normalized spacial score (nSPS) is 16.7. The molecule has 1 fully saturated rings. The van der Waals surface area contributed by atoms with Crippen molar-refractivity contribution in [3.05, 3.63) is 112 Å². The van der Waals surface area contributed by atoms with Gasteiger partial charge in [0.2, 0.25) is 0 Å². The zero-order valence-electron chi connectivity index (χ0n) is 25.9. The molecule has 4 aromatic carbocycles. The Morgan fingerprint density at radius 3 is 1.77 bits per heavy atom. The van der Waals surface area contributed by atoms with Crippen LogP contribution in [0, 0.1) is 52.5 Å². The molecule has 1 aliphatic carbocycles. The van der Waals surface area contributed by atoms with Crippen LogP contribution in [0.25, 0.3) is 22.3 Å². The number of hydrogen-bond acceptors (Lipinski definition) is 1. The Morgan fingerprint density at radius 2 is 1.21 bits per heavy atom. The molecular formula is C37H32F10O. The summed E-state index contributed by atoms with van der Waals surface area (Å²) in [5, 5.41) is 0. The summed E-state index contributed by atoms with van der Waals surface area (Å²) < 4.78 is 149. The van der Waals surface area contributed by atoms with Crippen LogP contribution in [0.4, 0.5) is 43.9 Å². The van der Waals surface area contributed by atoms with E-state index in [9.17, 15) is 30.7 Å². The van der Waals surface area contributed by atoms with Gasteiger partial charge in [-0.25, -0.2) is 35.1 Å². The maximum atomic E-state index is 15.3. The molecule has 0 atom stereocenters. The van der Waals surface area contributed by atoms with Crippen LogP contribution in [-0.2, 0) is 6.11 Å². The van der Waals surface area contributed by atoms with Gasteiger partial charge in [-0.05, 0) is 84.5 Å². The summed E-state index contributed by atoms with van der Waals surface area (Å²) in [6, 6.07) is 6.54. The summed E-state index contributed by atoms with van der Waals surface area (Å²) in [4.78, 5) is 0. The molecule has 5 rings (SSSR count). The van der Waals surface area contributed by atoms with Crippen LogP contribution >= 0.6 is 0 Å². The number of alkyl halides is 2. The van der Waals surface area contributed by atoms with Crippen LogP contribution in [0.1, 0.15) is 81.8 Å². The number of hydrogen-bond donors (Lipinski definition) is 0. The van der Waals surface area contributed by atoms with Gasteiger partial charge in [-0.1, -0.05) is 51.2 Å². The average molecular weight is 683 g/mol. The highest BCUT2D eigenvalue weighted by molar-refractivity contribution is 5.72. The third kappa shape index (κ3) is 7.65. The number of halogens is 10. The monoisotopic (exact) mass is 682 g/mol. The Bertz CT molecular complexity index is 1710. The largest absolute Gasteiger partial charge is 0.432 e. The molecule has 1 nitrogen and oxygen atoms in total. The molecule has 0 aliphatic heterocycles.